The molecule has 138 valence electrons. The molecule has 25 heavy (non-hydrogen) atoms. The molecule has 1 aromatic rings. The lowest BCUT2D eigenvalue weighted by Gasteiger charge is -2.48. The van der Waals surface area contributed by atoms with Gasteiger partial charge in [0.2, 0.25) is 0 Å². The fourth-order valence-electron chi connectivity index (χ4n) is 4.09. The van der Waals surface area contributed by atoms with E-state index in [0.717, 1.165) is 18.3 Å². The number of amides is 1. The molecule has 2 fully saturated rings. The van der Waals surface area contributed by atoms with Crippen LogP contribution >= 0.6 is 0 Å². The van der Waals surface area contributed by atoms with Gasteiger partial charge in [0.15, 0.2) is 0 Å². The van der Waals surface area contributed by atoms with E-state index in [-0.39, 0.29) is 18.9 Å². The van der Waals surface area contributed by atoms with E-state index in [9.17, 15) is 28.2 Å². The molecule has 6 nitrogen and oxygen atoms in total. The Labute approximate surface area is 142 Å². The van der Waals surface area contributed by atoms with Gasteiger partial charge in [-0.1, -0.05) is 20.8 Å². The molecular weight excluding hydrogens is 339 g/mol. The van der Waals surface area contributed by atoms with Crippen LogP contribution in [0, 0.1) is 5.41 Å². The zero-order chi connectivity index (χ0) is 18.8. The van der Waals surface area contributed by atoms with E-state index in [1.807, 2.05) is 20.8 Å². The second-order valence-corrected chi connectivity index (χ2v) is 7.61. The van der Waals surface area contributed by atoms with Crippen LogP contribution in [0.2, 0.25) is 0 Å². The minimum absolute atomic E-state index is 0.0195. The Bertz CT molecular complexity index is 704. The molecule has 3 rings (SSSR count). The van der Waals surface area contributed by atoms with Crippen molar-refractivity contribution in [1.29, 1.82) is 0 Å². The number of likely N-dealkylation sites (tertiary alicyclic amines) is 1. The predicted octanol–water partition coefficient (Wildman–Crippen LogP) is 2.43. The number of anilines is 1. The van der Waals surface area contributed by atoms with Crippen LogP contribution in [0.5, 0.6) is 0 Å². The molecule has 9 heteroatoms. The maximum Gasteiger partial charge on any atom is 0.416 e. The van der Waals surface area contributed by atoms with Crippen LogP contribution in [0.25, 0.3) is 0 Å². The first-order valence-corrected chi connectivity index (χ1v) is 7.88. The van der Waals surface area contributed by atoms with Crippen LogP contribution in [0.3, 0.4) is 0 Å². The zero-order valence-electron chi connectivity index (χ0n) is 14.1. The predicted molar refractivity (Wildman–Crippen MR) is 83.3 cm³/mol. The summed E-state index contributed by atoms with van der Waals surface area (Å²) in [4.78, 5) is 18.5. The highest BCUT2D eigenvalue weighted by atomic mass is 19.4. The van der Waals surface area contributed by atoms with Crippen molar-refractivity contribution >= 4 is 11.9 Å². The molecule has 0 aromatic carbocycles. The Kier molecular flexibility index (Phi) is 3.72. The molecule has 1 unspecified atom stereocenters. The topological polar surface area (TPSA) is 76.9 Å². The largest absolute Gasteiger partial charge is 0.465 e. The number of aliphatic hydroxyl groups excluding tert-OH is 1. The Morgan fingerprint density at radius 3 is 2.52 bits per heavy atom. The molecule has 3 heterocycles. The van der Waals surface area contributed by atoms with E-state index in [0.29, 0.717) is 0 Å². The number of fused-ring (bicyclic) bond motifs is 2. The van der Waals surface area contributed by atoms with Crippen LogP contribution in [-0.2, 0) is 6.18 Å². The van der Waals surface area contributed by atoms with E-state index in [1.54, 1.807) is 4.90 Å². The molecule has 2 aliphatic rings. The van der Waals surface area contributed by atoms with Crippen molar-refractivity contribution in [2.24, 2.45) is 5.41 Å². The number of carbonyl (C=O) groups is 1. The Balaban J connectivity index is 2.03. The highest BCUT2D eigenvalue weighted by molar-refractivity contribution is 5.69. The third kappa shape index (κ3) is 2.44. The van der Waals surface area contributed by atoms with E-state index < -0.39 is 40.9 Å². The standard InChI is InChI=1S/C16H20F3N3O3/c1-14(2,3)15-8-21(10(12(15)23)7-22(15)13(24)25)11-6-9(4-5-20-11)16(17,18)19/h4-6,10,12,23H,7-8H2,1-3H3,(H,24,25)/t10-,12?,15+/m0/s1. The summed E-state index contributed by atoms with van der Waals surface area (Å²) in [5, 5.41) is 20.3. The van der Waals surface area contributed by atoms with Gasteiger partial charge in [0.25, 0.3) is 0 Å². The monoisotopic (exact) mass is 359 g/mol. The van der Waals surface area contributed by atoms with E-state index >= 15 is 0 Å². The number of piperazine rings is 1. The van der Waals surface area contributed by atoms with Crippen molar-refractivity contribution in [1.82, 2.24) is 9.88 Å². The number of hydrogen-bond donors (Lipinski definition) is 2. The molecule has 2 N–H and O–H groups in total. The van der Waals surface area contributed by atoms with E-state index in [2.05, 4.69) is 4.98 Å². The summed E-state index contributed by atoms with van der Waals surface area (Å²) in [6.45, 7) is 5.56. The fourth-order valence-corrected chi connectivity index (χ4v) is 4.09. The third-order valence-corrected chi connectivity index (χ3v) is 5.41. The van der Waals surface area contributed by atoms with Crippen molar-refractivity contribution in [3.05, 3.63) is 23.9 Å². The summed E-state index contributed by atoms with van der Waals surface area (Å²) >= 11 is 0. The van der Waals surface area contributed by atoms with Crippen molar-refractivity contribution in [2.45, 2.75) is 44.6 Å². The average molecular weight is 359 g/mol. The quantitative estimate of drug-likeness (QED) is 0.805. The number of nitrogens with zero attached hydrogens (tertiary/aromatic N) is 3. The lowest BCUT2D eigenvalue weighted by molar-refractivity contribution is -0.137. The molecule has 2 saturated heterocycles. The number of rotatable bonds is 1. The Morgan fingerprint density at radius 2 is 2.00 bits per heavy atom. The molecule has 2 aliphatic heterocycles. The van der Waals surface area contributed by atoms with Crippen molar-refractivity contribution < 1.29 is 28.2 Å². The molecule has 0 saturated carbocycles. The lowest BCUT2D eigenvalue weighted by Crippen LogP contribution is -2.64. The molecule has 0 radical (unpaired) electrons. The van der Waals surface area contributed by atoms with Gasteiger partial charge in [-0.2, -0.15) is 13.2 Å². The number of aliphatic hydroxyl groups is 1. The van der Waals surface area contributed by atoms with Gasteiger partial charge in [0, 0.05) is 19.3 Å². The van der Waals surface area contributed by atoms with Crippen LogP contribution in [-0.4, -0.2) is 57.0 Å². The van der Waals surface area contributed by atoms with Gasteiger partial charge in [0.1, 0.15) is 11.9 Å². The van der Waals surface area contributed by atoms with Gasteiger partial charge in [-0.25, -0.2) is 9.78 Å². The molecular formula is C16H20F3N3O3. The zero-order valence-corrected chi connectivity index (χ0v) is 14.1. The summed E-state index contributed by atoms with van der Waals surface area (Å²) < 4.78 is 38.9. The summed E-state index contributed by atoms with van der Waals surface area (Å²) in [6, 6.07) is 1.19. The smallest absolute Gasteiger partial charge is 0.416 e. The summed E-state index contributed by atoms with van der Waals surface area (Å²) in [5.41, 5.74) is -2.55. The third-order valence-electron chi connectivity index (χ3n) is 5.41. The maximum absolute atomic E-state index is 13.0. The highest BCUT2D eigenvalue weighted by Gasteiger charge is 2.68. The summed E-state index contributed by atoms with van der Waals surface area (Å²) in [5.74, 6) is 0.0926. The van der Waals surface area contributed by atoms with Crippen LogP contribution < -0.4 is 4.90 Å². The normalized spacial score (nSPS) is 29.4. The molecule has 2 bridgehead atoms. The summed E-state index contributed by atoms with van der Waals surface area (Å²) in [7, 11) is 0. The second kappa shape index (κ2) is 5.23. The minimum Gasteiger partial charge on any atom is -0.465 e. The number of aromatic nitrogens is 1. The molecule has 1 aromatic heterocycles. The molecule has 0 spiro atoms. The summed E-state index contributed by atoms with van der Waals surface area (Å²) in [6.07, 6.45) is -5.58. The maximum atomic E-state index is 13.0. The molecule has 3 atom stereocenters. The van der Waals surface area contributed by atoms with Gasteiger partial charge in [-0.3, -0.25) is 4.90 Å². The first-order valence-electron chi connectivity index (χ1n) is 7.88. The highest BCUT2D eigenvalue weighted by Crippen LogP contribution is 2.51. The van der Waals surface area contributed by atoms with Crippen LogP contribution in [0.15, 0.2) is 18.3 Å². The average Bonchev–Trinajstić information content (AvgIpc) is 2.95. The second-order valence-electron chi connectivity index (χ2n) is 7.61. The molecule has 0 aliphatic carbocycles. The number of carboxylic acid groups (broad SMARTS) is 1. The first-order chi connectivity index (χ1) is 11.4. The van der Waals surface area contributed by atoms with Crippen LogP contribution in [0.1, 0.15) is 26.3 Å². The number of halogens is 3. The Hall–Kier alpha value is -2.03. The minimum atomic E-state index is -4.50. The fraction of sp³-hybridized carbons (Fsp3) is 0.625. The van der Waals surface area contributed by atoms with Crippen molar-refractivity contribution in [3.8, 4) is 0 Å². The van der Waals surface area contributed by atoms with Gasteiger partial charge in [-0.05, 0) is 17.5 Å². The van der Waals surface area contributed by atoms with Gasteiger partial charge in [0.05, 0.1) is 17.1 Å². The SMILES string of the molecule is CC(C)(C)[C@]12CN(c3cc(C(F)(F)F)ccn3)[C@@H](CN1C(=O)O)C2O. The number of alkyl halides is 3. The first kappa shape index (κ1) is 17.8. The van der Waals surface area contributed by atoms with E-state index in [4.69, 9.17) is 0 Å². The Morgan fingerprint density at radius 1 is 1.36 bits per heavy atom. The van der Waals surface area contributed by atoms with Crippen molar-refractivity contribution in [2.75, 3.05) is 18.0 Å². The molecule has 1 amide bonds. The van der Waals surface area contributed by atoms with Gasteiger partial charge < -0.3 is 15.1 Å². The van der Waals surface area contributed by atoms with E-state index in [1.165, 1.54) is 4.90 Å². The van der Waals surface area contributed by atoms with Gasteiger partial charge >= 0.3 is 12.3 Å². The lowest BCUT2D eigenvalue weighted by atomic mass is 9.71. The van der Waals surface area contributed by atoms with Gasteiger partial charge in [-0.15, -0.1) is 0 Å². The van der Waals surface area contributed by atoms with Crippen LogP contribution in [0.4, 0.5) is 23.8 Å². The van der Waals surface area contributed by atoms with Crippen molar-refractivity contribution in [3.63, 3.8) is 0 Å². The number of hydrogen-bond acceptors (Lipinski definition) is 4. The number of pyridine rings is 1.